The van der Waals surface area contributed by atoms with Crippen molar-refractivity contribution >= 4 is 23.2 Å². The van der Waals surface area contributed by atoms with E-state index in [-0.39, 0.29) is 0 Å². The van der Waals surface area contributed by atoms with Crippen molar-refractivity contribution in [2.24, 2.45) is 5.73 Å². The van der Waals surface area contributed by atoms with Gasteiger partial charge in [-0.3, -0.25) is 4.68 Å². The molecule has 84 valence electrons. The minimum absolute atomic E-state index is 0.441. The van der Waals surface area contributed by atoms with Crippen LogP contribution in [0, 0.1) is 0 Å². The third-order valence-electron chi connectivity index (χ3n) is 2.27. The molecule has 0 unspecified atom stereocenters. The van der Waals surface area contributed by atoms with Crippen LogP contribution >= 0.6 is 23.2 Å². The number of benzene rings is 1. The van der Waals surface area contributed by atoms with E-state index in [1.54, 1.807) is 10.7 Å². The standard InChI is InChI=1S/C11H11Cl2N3/c12-10-3-1-2-8(11(10)13)7-16-5-4-9(6-14)15-16/h1-5H,6-7,14H2. The van der Waals surface area contributed by atoms with Crippen molar-refractivity contribution in [2.45, 2.75) is 13.1 Å². The van der Waals surface area contributed by atoms with Crippen LogP contribution < -0.4 is 5.73 Å². The summed E-state index contributed by atoms with van der Waals surface area (Å²) in [5.41, 5.74) is 7.29. The van der Waals surface area contributed by atoms with E-state index in [9.17, 15) is 0 Å². The molecule has 0 aliphatic heterocycles. The largest absolute Gasteiger partial charge is 0.325 e. The second kappa shape index (κ2) is 4.87. The summed E-state index contributed by atoms with van der Waals surface area (Å²) in [6, 6.07) is 7.45. The van der Waals surface area contributed by atoms with Crippen molar-refractivity contribution in [1.29, 1.82) is 0 Å². The van der Waals surface area contributed by atoms with Gasteiger partial charge in [0.05, 0.1) is 22.3 Å². The monoisotopic (exact) mass is 255 g/mol. The van der Waals surface area contributed by atoms with Crippen molar-refractivity contribution in [3.05, 3.63) is 51.8 Å². The van der Waals surface area contributed by atoms with Crippen LogP contribution in [0.5, 0.6) is 0 Å². The predicted molar refractivity (Wildman–Crippen MR) is 65.7 cm³/mol. The molecule has 1 aromatic carbocycles. The fourth-order valence-corrected chi connectivity index (χ4v) is 1.83. The molecule has 0 atom stereocenters. The summed E-state index contributed by atoms with van der Waals surface area (Å²) in [6.07, 6.45) is 1.87. The minimum Gasteiger partial charge on any atom is -0.325 e. The van der Waals surface area contributed by atoms with E-state index in [2.05, 4.69) is 5.10 Å². The van der Waals surface area contributed by atoms with E-state index in [1.165, 1.54) is 0 Å². The molecule has 5 heteroatoms. The molecule has 16 heavy (non-hydrogen) atoms. The van der Waals surface area contributed by atoms with Crippen LogP contribution in [0.3, 0.4) is 0 Å². The summed E-state index contributed by atoms with van der Waals surface area (Å²) in [6.45, 7) is 1.04. The van der Waals surface area contributed by atoms with Gasteiger partial charge in [0.1, 0.15) is 0 Å². The van der Waals surface area contributed by atoms with Gasteiger partial charge in [0, 0.05) is 12.7 Å². The second-order valence-electron chi connectivity index (χ2n) is 3.42. The molecule has 2 N–H and O–H groups in total. The van der Waals surface area contributed by atoms with Gasteiger partial charge >= 0.3 is 0 Å². The van der Waals surface area contributed by atoms with Gasteiger partial charge in [-0.15, -0.1) is 0 Å². The third-order valence-corrected chi connectivity index (χ3v) is 3.13. The number of aromatic nitrogens is 2. The molecule has 0 aliphatic carbocycles. The Balaban J connectivity index is 2.23. The van der Waals surface area contributed by atoms with Gasteiger partial charge in [-0.2, -0.15) is 5.10 Å². The second-order valence-corrected chi connectivity index (χ2v) is 4.21. The predicted octanol–water partition coefficient (Wildman–Crippen LogP) is 2.70. The van der Waals surface area contributed by atoms with Crippen LogP contribution in [0.2, 0.25) is 10.0 Å². The average Bonchev–Trinajstić information content (AvgIpc) is 2.73. The molecule has 0 aliphatic rings. The topological polar surface area (TPSA) is 43.8 Å². The number of nitrogens with two attached hydrogens (primary N) is 1. The molecule has 0 saturated heterocycles. The van der Waals surface area contributed by atoms with E-state index in [0.717, 1.165) is 11.3 Å². The zero-order chi connectivity index (χ0) is 11.5. The summed E-state index contributed by atoms with van der Waals surface area (Å²) in [5, 5.41) is 5.42. The normalized spacial score (nSPS) is 10.7. The lowest BCUT2D eigenvalue weighted by atomic mass is 10.2. The van der Waals surface area contributed by atoms with Crippen LogP contribution in [0.1, 0.15) is 11.3 Å². The fourth-order valence-electron chi connectivity index (χ4n) is 1.45. The van der Waals surface area contributed by atoms with Gasteiger partial charge in [-0.05, 0) is 17.7 Å². The molecule has 0 saturated carbocycles. The van der Waals surface area contributed by atoms with Crippen molar-refractivity contribution < 1.29 is 0 Å². The van der Waals surface area contributed by atoms with Crippen LogP contribution in [0.15, 0.2) is 30.5 Å². The summed E-state index contributed by atoms with van der Waals surface area (Å²) >= 11 is 12.0. The Kier molecular flexibility index (Phi) is 3.49. The molecule has 3 nitrogen and oxygen atoms in total. The fraction of sp³-hybridized carbons (Fsp3) is 0.182. The molecule has 2 aromatic rings. The van der Waals surface area contributed by atoms with Gasteiger partial charge in [0.2, 0.25) is 0 Å². The number of halogens is 2. The Morgan fingerprint density at radius 3 is 2.75 bits per heavy atom. The average molecular weight is 256 g/mol. The summed E-state index contributed by atoms with van der Waals surface area (Å²) in [4.78, 5) is 0. The summed E-state index contributed by atoms with van der Waals surface area (Å²) in [7, 11) is 0. The number of rotatable bonds is 3. The smallest absolute Gasteiger partial charge is 0.0760 e. The third kappa shape index (κ3) is 2.38. The highest BCUT2D eigenvalue weighted by molar-refractivity contribution is 6.42. The summed E-state index contributed by atoms with van der Waals surface area (Å²) < 4.78 is 1.79. The number of hydrogen-bond donors (Lipinski definition) is 1. The highest BCUT2D eigenvalue weighted by Gasteiger charge is 2.05. The SMILES string of the molecule is NCc1ccn(Cc2cccc(Cl)c2Cl)n1. The molecular weight excluding hydrogens is 245 g/mol. The highest BCUT2D eigenvalue weighted by atomic mass is 35.5. The lowest BCUT2D eigenvalue weighted by molar-refractivity contribution is 0.672. The Bertz CT molecular complexity index is 494. The van der Waals surface area contributed by atoms with Crippen LogP contribution in [-0.2, 0) is 13.1 Å². The van der Waals surface area contributed by atoms with E-state index in [0.29, 0.717) is 23.1 Å². The number of nitrogens with zero attached hydrogens (tertiary/aromatic N) is 2. The van der Waals surface area contributed by atoms with E-state index in [4.69, 9.17) is 28.9 Å². The van der Waals surface area contributed by atoms with Gasteiger partial charge < -0.3 is 5.73 Å². The first-order valence-corrected chi connectivity index (χ1v) is 5.61. The lowest BCUT2D eigenvalue weighted by Crippen LogP contribution is -2.03. The Hall–Kier alpha value is -1.03. The maximum atomic E-state index is 6.09. The van der Waals surface area contributed by atoms with Gasteiger partial charge in [-0.25, -0.2) is 0 Å². The van der Waals surface area contributed by atoms with Crippen LogP contribution in [-0.4, -0.2) is 9.78 Å². The van der Waals surface area contributed by atoms with E-state index >= 15 is 0 Å². The maximum Gasteiger partial charge on any atom is 0.0760 e. The molecule has 0 radical (unpaired) electrons. The van der Waals surface area contributed by atoms with Gasteiger partial charge in [0.15, 0.2) is 0 Å². The first kappa shape index (κ1) is 11.5. The highest BCUT2D eigenvalue weighted by Crippen LogP contribution is 2.25. The van der Waals surface area contributed by atoms with Crippen molar-refractivity contribution in [1.82, 2.24) is 9.78 Å². The maximum absolute atomic E-state index is 6.09. The Morgan fingerprint density at radius 1 is 1.25 bits per heavy atom. The lowest BCUT2D eigenvalue weighted by Gasteiger charge is -2.05. The summed E-state index contributed by atoms with van der Waals surface area (Å²) in [5.74, 6) is 0. The number of hydrogen-bond acceptors (Lipinski definition) is 2. The molecule has 0 fully saturated rings. The van der Waals surface area contributed by atoms with Gasteiger partial charge in [-0.1, -0.05) is 35.3 Å². The molecule has 0 spiro atoms. The van der Waals surface area contributed by atoms with Gasteiger partial charge in [0.25, 0.3) is 0 Å². The van der Waals surface area contributed by atoms with Crippen molar-refractivity contribution in [3.63, 3.8) is 0 Å². The minimum atomic E-state index is 0.441. The first-order chi connectivity index (χ1) is 7.70. The van der Waals surface area contributed by atoms with Crippen molar-refractivity contribution in [3.8, 4) is 0 Å². The molecule has 0 amide bonds. The Labute approximate surface area is 104 Å². The molecular formula is C11H11Cl2N3. The van der Waals surface area contributed by atoms with E-state index < -0.39 is 0 Å². The zero-order valence-corrected chi connectivity index (χ0v) is 10.0. The molecule has 1 aromatic heterocycles. The molecule has 1 heterocycles. The Morgan fingerprint density at radius 2 is 2.06 bits per heavy atom. The van der Waals surface area contributed by atoms with Crippen molar-refractivity contribution in [2.75, 3.05) is 0 Å². The van der Waals surface area contributed by atoms with Crippen LogP contribution in [0.4, 0.5) is 0 Å². The first-order valence-electron chi connectivity index (χ1n) is 4.86. The molecule has 0 bridgehead atoms. The van der Waals surface area contributed by atoms with E-state index in [1.807, 2.05) is 24.4 Å². The molecule has 2 rings (SSSR count). The van der Waals surface area contributed by atoms with Crippen LogP contribution in [0.25, 0.3) is 0 Å². The zero-order valence-electron chi connectivity index (χ0n) is 8.53. The quantitative estimate of drug-likeness (QED) is 0.917.